The summed E-state index contributed by atoms with van der Waals surface area (Å²) in [7, 11) is 0. The number of fused-ring (bicyclic) bond motifs is 2. The molecule has 2 aliphatic heterocycles. The van der Waals surface area contributed by atoms with Gasteiger partial charge in [0.05, 0.1) is 16.5 Å². The van der Waals surface area contributed by atoms with Crippen molar-refractivity contribution in [1.29, 1.82) is 5.41 Å². The maximum atomic E-state index is 12.8. The van der Waals surface area contributed by atoms with E-state index >= 15 is 0 Å². The number of carbonyl (C=O) groups excluding carboxylic acids is 3. The predicted molar refractivity (Wildman–Crippen MR) is 122 cm³/mol. The Kier molecular flexibility index (Phi) is 5.05. The number of hydrogen-bond acceptors (Lipinski definition) is 8. The Morgan fingerprint density at radius 1 is 0.971 bits per heavy atom. The van der Waals surface area contributed by atoms with Gasteiger partial charge in [-0.3, -0.25) is 9.59 Å². The topological polar surface area (TPSA) is 164 Å². The molecule has 0 spiro atoms. The highest BCUT2D eigenvalue weighted by Gasteiger charge is 2.33. The van der Waals surface area contributed by atoms with E-state index in [4.69, 9.17) is 20.4 Å². The molecule has 2 aromatic rings. The Bertz CT molecular complexity index is 1590. The summed E-state index contributed by atoms with van der Waals surface area (Å²) in [5.41, 5.74) is 7.67. The van der Waals surface area contributed by atoms with Crippen LogP contribution in [0.2, 0.25) is 0 Å². The molecule has 35 heavy (non-hydrogen) atoms. The Morgan fingerprint density at radius 3 is 2.43 bits per heavy atom. The van der Waals surface area contributed by atoms with Crippen molar-refractivity contribution in [1.82, 2.24) is 5.06 Å². The smallest absolute Gasteiger partial charge is 0.363 e. The molecule has 4 N–H and O–H groups in total. The van der Waals surface area contributed by atoms with Crippen LogP contribution < -0.4 is 11.1 Å². The lowest BCUT2D eigenvalue weighted by atomic mass is 9.89. The molecule has 0 radical (unpaired) electrons. The minimum Gasteiger partial charge on any atom is -0.478 e. The molecule has 1 aliphatic carbocycles. The standard InChI is InChI=1S/C25H17N3O7/c26-13-2-5-16-19(10-13)34-20-11-14(27)3-6-17(20)23(16)18-9-12(1-4-15(18)24(31)32)25(33)35-28-21(29)7-8-22(28)30/h1-6,9-11,26H,7-8,27H2,(H,31,32). The van der Waals surface area contributed by atoms with E-state index in [0.29, 0.717) is 38.6 Å². The number of nitrogens with one attached hydrogen (secondary N) is 1. The van der Waals surface area contributed by atoms with Gasteiger partial charge in [-0.1, -0.05) is 0 Å². The van der Waals surface area contributed by atoms with E-state index in [1.165, 1.54) is 30.3 Å². The van der Waals surface area contributed by atoms with Crippen LogP contribution in [0, 0.1) is 5.41 Å². The van der Waals surface area contributed by atoms with Gasteiger partial charge in [-0.25, -0.2) is 9.59 Å². The number of hydroxylamine groups is 2. The third kappa shape index (κ3) is 3.76. The third-order valence-corrected chi connectivity index (χ3v) is 5.68. The van der Waals surface area contributed by atoms with E-state index in [9.17, 15) is 24.3 Å². The van der Waals surface area contributed by atoms with Gasteiger partial charge >= 0.3 is 11.9 Å². The first-order valence-corrected chi connectivity index (χ1v) is 10.5. The lowest BCUT2D eigenvalue weighted by molar-refractivity contribution is -0.172. The molecule has 1 fully saturated rings. The summed E-state index contributed by atoms with van der Waals surface area (Å²) in [6, 6.07) is 13.4. The highest BCUT2D eigenvalue weighted by Crippen LogP contribution is 2.42. The summed E-state index contributed by atoms with van der Waals surface area (Å²) in [5, 5.41) is 19.0. The van der Waals surface area contributed by atoms with Crippen molar-refractivity contribution in [3.05, 3.63) is 71.1 Å². The number of imide groups is 1. The van der Waals surface area contributed by atoms with Crippen molar-refractivity contribution >= 4 is 40.4 Å². The van der Waals surface area contributed by atoms with Gasteiger partial charge in [0.25, 0.3) is 11.8 Å². The normalized spacial score (nSPS) is 13.5. The van der Waals surface area contributed by atoms with Crippen molar-refractivity contribution in [2.45, 2.75) is 12.8 Å². The maximum absolute atomic E-state index is 12.8. The number of carboxylic acid groups (broad SMARTS) is 1. The van der Waals surface area contributed by atoms with Gasteiger partial charge in [0, 0.05) is 47.2 Å². The van der Waals surface area contributed by atoms with Crippen LogP contribution in [0.3, 0.4) is 0 Å². The number of benzene rings is 3. The average Bonchev–Trinajstić information content (AvgIpc) is 3.13. The van der Waals surface area contributed by atoms with Crippen LogP contribution in [0.25, 0.3) is 33.4 Å². The van der Waals surface area contributed by atoms with Crippen LogP contribution in [-0.4, -0.2) is 33.9 Å². The molecule has 174 valence electrons. The molecular weight excluding hydrogens is 454 g/mol. The number of aromatic carboxylic acids is 1. The van der Waals surface area contributed by atoms with Crippen LogP contribution in [0.5, 0.6) is 0 Å². The third-order valence-electron chi connectivity index (χ3n) is 5.68. The van der Waals surface area contributed by atoms with Gasteiger partial charge in [0.1, 0.15) is 11.3 Å². The van der Waals surface area contributed by atoms with Crippen molar-refractivity contribution in [2.24, 2.45) is 0 Å². The Morgan fingerprint density at radius 2 is 1.71 bits per heavy atom. The van der Waals surface area contributed by atoms with Crippen molar-refractivity contribution in [3.63, 3.8) is 0 Å². The second kappa shape index (κ2) is 8.10. The first-order valence-electron chi connectivity index (χ1n) is 10.5. The summed E-state index contributed by atoms with van der Waals surface area (Å²) in [6.07, 6.45) is -0.107. The molecule has 3 aliphatic rings. The van der Waals surface area contributed by atoms with Gasteiger partial charge in [-0.05, 0) is 48.0 Å². The predicted octanol–water partition coefficient (Wildman–Crippen LogP) is 3.19. The Labute approximate surface area is 196 Å². The summed E-state index contributed by atoms with van der Waals surface area (Å²) >= 11 is 0. The molecule has 0 unspecified atom stereocenters. The van der Waals surface area contributed by atoms with Crippen LogP contribution in [0.1, 0.15) is 33.6 Å². The average molecular weight is 471 g/mol. The zero-order valence-corrected chi connectivity index (χ0v) is 18.0. The van der Waals surface area contributed by atoms with E-state index in [1.807, 2.05) is 0 Å². The number of carboxylic acids is 1. The summed E-state index contributed by atoms with van der Waals surface area (Å²) in [5.74, 6) is -3.16. The number of amides is 2. The number of nitrogen functional groups attached to an aromatic ring is 1. The summed E-state index contributed by atoms with van der Waals surface area (Å²) < 4.78 is 5.94. The van der Waals surface area contributed by atoms with E-state index in [1.54, 1.807) is 24.3 Å². The molecule has 1 saturated heterocycles. The van der Waals surface area contributed by atoms with Gasteiger partial charge in [-0.2, -0.15) is 0 Å². The van der Waals surface area contributed by atoms with Crippen molar-refractivity contribution in [2.75, 3.05) is 5.73 Å². The van der Waals surface area contributed by atoms with E-state index in [2.05, 4.69) is 0 Å². The van der Waals surface area contributed by atoms with Gasteiger partial charge in [0.15, 0.2) is 0 Å². The fourth-order valence-corrected chi connectivity index (χ4v) is 4.05. The first kappa shape index (κ1) is 21.8. The van der Waals surface area contributed by atoms with Crippen molar-refractivity contribution in [3.8, 4) is 22.5 Å². The minimum atomic E-state index is -1.24. The number of nitrogens with zero attached hydrogens (tertiary/aromatic N) is 1. The van der Waals surface area contributed by atoms with Gasteiger partial charge < -0.3 is 25.5 Å². The van der Waals surface area contributed by atoms with Gasteiger partial charge in [0.2, 0.25) is 0 Å². The monoisotopic (exact) mass is 471 g/mol. The second-order valence-corrected chi connectivity index (χ2v) is 7.97. The zero-order chi connectivity index (χ0) is 24.9. The number of hydrogen-bond donors (Lipinski definition) is 3. The molecule has 10 heteroatoms. The minimum absolute atomic E-state index is 0.0536. The molecule has 0 bridgehead atoms. The molecule has 0 atom stereocenters. The van der Waals surface area contributed by atoms with Crippen LogP contribution in [0.15, 0.2) is 59.0 Å². The summed E-state index contributed by atoms with van der Waals surface area (Å²) in [6.45, 7) is 0. The fourth-order valence-electron chi connectivity index (χ4n) is 4.05. The lowest BCUT2D eigenvalue weighted by Crippen LogP contribution is -2.32. The van der Waals surface area contributed by atoms with E-state index in [-0.39, 0.29) is 34.9 Å². The molecule has 0 aromatic heterocycles. The molecule has 2 amide bonds. The number of nitrogens with two attached hydrogens (primary N) is 1. The molecular formula is C25H17N3O7. The number of rotatable bonds is 4. The van der Waals surface area contributed by atoms with E-state index < -0.39 is 23.8 Å². The molecule has 0 saturated carbocycles. The van der Waals surface area contributed by atoms with Crippen LogP contribution >= 0.6 is 0 Å². The molecule has 2 heterocycles. The van der Waals surface area contributed by atoms with Crippen LogP contribution in [0.4, 0.5) is 5.69 Å². The molecule has 5 rings (SSSR count). The molecule has 2 aromatic carbocycles. The second-order valence-electron chi connectivity index (χ2n) is 7.97. The van der Waals surface area contributed by atoms with Gasteiger partial charge in [-0.15, -0.1) is 5.06 Å². The summed E-state index contributed by atoms with van der Waals surface area (Å²) in [4.78, 5) is 53.6. The highest BCUT2D eigenvalue weighted by atomic mass is 16.7. The Hall–Kier alpha value is -4.99. The number of anilines is 1. The zero-order valence-electron chi connectivity index (χ0n) is 18.0. The largest absolute Gasteiger partial charge is 0.478 e. The van der Waals surface area contributed by atoms with E-state index in [0.717, 1.165) is 0 Å². The molecule has 10 nitrogen and oxygen atoms in total. The van der Waals surface area contributed by atoms with Crippen LogP contribution in [-0.2, 0) is 14.4 Å². The van der Waals surface area contributed by atoms with Crippen molar-refractivity contribution < 1.29 is 33.5 Å². The lowest BCUT2D eigenvalue weighted by Gasteiger charge is -2.18. The fraction of sp³-hybridized carbons (Fsp3) is 0.0800. The first-order chi connectivity index (χ1) is 16.7. The number of carbonyl (C=O) groups is 4. The maximum Gasteiger partial charge on any atom is 0.363 e. The Balaban J connectivity index is 1.74. The quantitative estimate of drug-likeness (QED) is 0.232. The SMILES string of the molecule is N=c1ccc2c(-c3cc(C(=O)ON4C(=O)CCC4=O)ccc3C(=O)O)c3ccc(N)cc3oc-2c1. The highest BCUT2D eigenvalue weighted by molar-refractivity contribution is 6.09.